The van der Waals surface area contributed by atoms with Gasteiger partial charge in [0.15, 0.2) is 12.6 Å². The Morgan fingerprint density at radius 2 is 2.04 bits per heavy atom. The first-order chi connectivity index (χ1) is 11.9. The molecule has 0 saturated carbocycles. The topological polar surface area (TPSA) is 66.8 Å². The van der Waals surface area contributed by atoms with E-state index in [-0.39, 0.29) is 5.91 Å². The molecule has 0 spiro atoms. The average molecular weight is 359 g/mol. The van der Waals surface area contributed by atoms with E-state index < -0.39 is 5.54 Å². The molecule has 0 saturated heterocycles. The SMILES string of the molecule is CN1CON=C1C(C)(C)NC(=O)c1cccc(-c2cccc(Cl)c2)n1. The molecule has 2 aromatic rings. The number of oxime groups is 1. The van der Waals surface area contributed by atoms with Crippen LogP contribution in [0.25, 0.3) is 11.3 Å². The Kier molecular flexibility index (Phi) is 4.63. The molecule has 1 aliphatic heterocycles. The molecule has 1 aromatic carbocycles. The second-order valence-electron chi connectivity index (χ2n) is 6.37. The lowest BCUT2D eigenvalue weighted by Crippen LogP contribution is -2.54. The lowest BCUT2D eigenvalue weighted by atomic mass is 10.0. The van der Waals surface area contributed by atoms with Crippen LogP contribution in [0, 0.1) is 0 Å². The third kappa shape index (κ3) is 3.74. The Morgan fingerprint density at radius 1 is 1.28 bits per heavy atom. The number of aromatic nitrogens is 1. The van der Waals surface area contributed by atoms with Crippen molar-refractivity contribution in [1.29, 1.82) is 0 Å². The fourth-order valence-corrected chi connectivity index (χ4v) is 2.86. The number of benzene rings is 1. The molecule has 0 atom stereocenters. The van der Waals surface area contributed by atoms with Gasteiger partial charge < -0.3 is 15.1 Å². The highest BCUT2D eigenvalue weighted by molar-refractivity contribution is 6.30. The van der Waals surface area contributed by atoms with Crippen LogP contribution < -0.4 is 5.32 Å². The third-order valence-corrected chi connectivity index (χ3v) is 4.09. The largest absolute Gasteiger partial charge is 0.372 e. The molecule has 0 bridgehead atoms. The van der Waals surface area contributed by atoms with E-state index in [4.69, 9.17) is 16.4 Å². The molecule has 0 radical (unpaired) electrons. The van der Waals surface area contributed by atoms with Crippen LogP contribution in [0.5, 0.6) is 0 Å². The van der Waals surface area contributed by atoms with E-state index in [1.807, 2.05) is 50.1 Å². The summed E-state index contributed by atoms with van der Waals surface area (Å²) in [6.07, 6.45) is 0. The molecule has 7 heteroatoms. The molecule has 0 aliphatic carbocycles. The summed E-state index contributed by atoms with van der Waals surface area (Å²) >= 11 is 6.03. The molecule has 0 unspecified atom stereocenters. The maximum atomic E-state index is 12.7. The Hall–Kier alpha value is -2.60. The molecule has 1 N–H and O–H groups in total. The van der Waals surface area contributed by atoms with Gasteiger partial charge in [-0.05, 0) is 38.1 Å². The highest BCUT2D eigenvalue weighted by Gasteiger charge is 2.34. The van der Waals surface area contributed by atoms with Gasteiger partial charge in [0.2, 0.25) is 0 Å². The molecular weight excluding hydrogens is 340 g/mol. The number of nitrogens with one attached hydrogen (secondary N) is 1. The molecule has 25 heavy (non-hydrogen) atoms. The first kappa shape index (κ1) is 17.2. The van der Waals surface area contributed by atoms with Crippen molar-refractivity contribution in [3.8, 4) is 11.3 Å². The van der Waals surface area contributed by atoms with E-state index in [1.165, 1.54) is 0 Å². The number of hydrogen-bond donors (Lipinski definition) is 1. The zero-order valence-corrected chi connectivity index (χ0v) is 15.0. The number of amides is 1. The van der Waals surface area contributed by atoms with Crippen LogP contribution in [-0.4, -0.2) is 40.9 Å². The summed E-state index contributed by atoms with van der Waals surface area (Å²) in [7, 11) is 1.86. The van der Waals surface area contributed by atoms with Gasteiger partial charge in [-0.3, -0.25) is 4.79 Å². The van der Waals surface area contributed by atoms with Crippen LogP contribution >= 0.6 is 11.6 Å². The summed E-state index contributed by atoms with van der Waals surface area (Å²) in [5.74, 6) is 0.378. The molecule has 6 nitrogen and oxygen atoms in total. The van der Waals surface area contributed by atoms with E-state index >= 15 is 0 Å². The summed E-state index contributed by atoms with van der Waals surface area (Å²) in [5.41, 5.74) is 1.19. The molecule has 3 rings (SSSR count). The smallest absolute Gasteiger partial charge is 0.270 e. The predicted molar refractivity (Wildman–Crippen MR) is 97.4 cm³/mol. The standard InChI is InChI=1S/C18H19ClN4O2/c1-18(2,17-22-25-11-23(17)3)21-16(24)15-9-5-8-14(20-15)12-6-4-7-13(19)10-12/h4-10H,11H2,1-3H3,(H,21,24). The van der Waals surface area contributed by atoms with E-state index in [2.05, 4.69) is 15.5 Å². The number of halogens is 1. The summed E-state index contributed by atoms with van der Waals surface area (Å²) in [4.78, 5) is 24.0. The zero-order valence-electron chi connectivity index (χ0n) is 14.3. The second-order valence-corrected chi connectivity index (χ2v) is 6.81. The minimum absolute atomic E-state index is 0.281. The van der Waals surface area contributed by atoms with Crippen molar-refractivity contribution in [1.82, 2.24) is 15.2 Å². The Balaban J connectivity index is 1.82. The predicted octanol–water partition coefficient (Wildman–Crippen LogP) is 3.14. The first-order valence-corrected chi connectivity index (χ1v) is 8.22. The fourth-order valence-electron chi connectivity index (χ4n) is 2.67. The van der Waals surface area contributed by atoms with Crippen molar-refractivity contribution in [2.24, 2.45) is 5.16 Å². The number of amidine groups is 1. The number of rotatable bonds is 4. The number of likely N-dealkylation sites (N-methyl/N-ethyl adjacent to an activating group) is 1. The normalized spacial score (nSPS) is 14.1. The van der Waals surface area contributed by atoms with E-state index in [0.29, 0.717) is 29.0 Å². The molecule has 2 heterocycles. The van der Waals surface area contributed by atoms with Crippen molar-refractivity contribution < 1.29 is 9.63 Å². The van der Waals surface area contributed by atoms with Crippen molar-refractivity contribution in [2.75, 3.05) is 13.8 Å². The quantitative estimate of drug-likeness (QED) is 0.911. The maximum absolute atomic E-state index is 12.7. The Labute approximate surface area is 151 Å². The van der Waals surface area contributed by atoms with Crippen LogP contribution in [0.1, 0.15) is 24.3 Å². The van der Waals surface area contributed by atoms with Gasteiger partial charge in [-0.2, -0.15) is 0 Å². The summed E-state index contributed by atoms with van der Waals surface area (Å²) in [5, 5.41) is 7.58. The molecule has 1 aromatic heterocycles. The minimum Gasteiger partial charge on any atom is -0.372 e. The fraction of sp³-hybridized carbons (Fsp3) is 0.278. The third-order valence-electron chi connectivity index (χ3n) is 3.85. The molecule has 0 fully saturated rings. The van der Waals surface area contributed by atoms with Gasteiger partial charge in [0.25, 0.3) is 5.91 Å². The van der Waals surface area contributed by atoms with Crippen LogP contribution in [0.15, 0.2) is 47.6 Å². The highest BCUT2D eigenvalue weighted by atomic mass is 35.5. The number of nitrogens with zero attached hydrogens (tertiary/aromatic N) is 3. The lowest BCUT2D eigenvalue weighted by molar-refractivity contribution is 0.0924. The summed E-state index contributed by atoms with van der Waals surface area (Å²) in [6, 6.07) is 12.7. The van der Waals surface area contributed by atoms with Crippen LogP contribution in [0.2, 0.25) is 5.02 Å². The van der Waals surface area contributed by atoms with Crippen molar-refractivity contribution in [3.63, 3.8) is 0 Å². The molecule has 1 aliphatic rings. The summed E-state index contributed by atoms with van der Waals surface area (Å²) in [6.45, 7) is 4.11. The van der Waals surface area contributed by atoms with Gasteiger partial charge in [-0.25, -0.2) is 4.98 Å². The number of carbonyl (C=O) groups is 1. The van der Waals surface area contributed by atoms with Gasteiger partial charge in [0.05, 0.1) is 11.2 Å². The van der Waals surface area contributed by atoms with E-state index in [1.54, 1.807) is 18.2 Å². The van der Waals surface area contributed by atoms with Gasteiger partial charge >= 0.3 is 0 Å². The van der Waals surface area contributed by atoms with Gasteiger partial charge in [0, 0.05) is 17.6 Å². The molecule has 130 valence electrons. The molecular formula is C18H19ClN4O2. The van der Waals surface area contributed by atoms with Crippen molar-refractivity contribution >= 4 is 23.3 Å². The second kappa shape index (κ2) is 6.72. The van der Waals surface area contributed by atoms with E-state index in [0.717, 1.165) is 5.56 Å². The highest BCUT2D eigenvalue weighted by Crippen LogP contribution is 2.21. The maximum Gasteiger partial charge on any atom is 0.270 e. The number of pyridine rings is 1. The number of hydrogen-bond acceptors (Lipinski definition) is 5. The van der Waals surface area contributed by atoms with Crippen LogP contribution in [-0.2, 0) is 4.84 Å². The molecule has 1 amide bonds. The monoisotopic (exact) mass is 358 g/mol. The number of carbonyl (C=O) groups excluding carboxylic acids is 1. The first-order valence-electron chi connectivity index (χ1n) is 7.84. The minimum atomic E-state index is -0.684. The zero-order chi connectivity index (χ0) is 18.0. The van der Waals surface area contributed by atoms with Crippen molar-refractivity contribution in [2.45, 2.75) is 19.4 Å². The summed E-state index contributed by atoms with van der Waals surface area (Å²) < 4.78 is 0. The Morgan fingerprint density at radius 3 is 2.72 bits per heavy atom. The average Bonchev–Trinajstić information content (AvgIpc) is 3.02. The van der Waals surface area contributed by atoms with Gasteiger partial charge in [-0.1, -0.05) is 35.0 Å². The lowest BCUT2D eigenvalue weighted by Gasteiger charge is -2.28. The van der Waals surface area contributed by atoms with Crippen molar-refractivity contribution in [3.05, 3.63) is 53.2 Å². The van der Waals surface area contributed by atoms with Gasteiger partial charge in [-0.15, -0.1) is 0 Å². The van der Waals surface area contributed by atoms with Crippen LogP contribution in [0.3, 0.4) is 0 Å². The Bertz CT molecular complexity index is 835. The van der Waals surface area contributed by atoms with Gasteiger partial charge in [0.1, 0.15) is 5.69 Å². The van der Waals surface area contributed by atoms with Crippen LogP contribution in [0.4, 0.5) is 0 Å². The van der Waals surface area contributed by atoms with E-state index in [9.17, 15) is 4.79 Å².